The molecule has 0 saturated heterocycles. The van der Waals surface area contributed by atoms with Crippen LogP contribution in [0.3, 0.4) is 0 Å². The van der Waals surface area contributed by atoms with Gasteiger partial charge in [0.05, 0.1) is 11.9 Å². The van der Waals surface area contributed by atoms with Gasteiger partial charge in [0, 0.05) is 13.1 Å². The number of anilines is 1. The zero-order chi connectivity index (χ0) is 24.4. The van der Waals surface area contributed by atoms with Crippen molar-refractivity contribution in [1.29, 1.82) is 0 Å². The van der Waals surface area contributed by atoms with Crippen molar-refractivity contribution in [2.75, 3.05) is 30.2 Å². The molecule has 2 amide bonds. The molecule has 180 valence electrons. The molecule has 7 nitrogen and oxygen atoms in total. The minimum Gasteiger partial charge on any atom is -0.354 e. The summed E-state index contributed by atoms with van der Waals surface area (Å²) in [5, 5.41) is 2.83. The van der Waals surface area contributed by atoms with E-state index in [1.807, 2.05) is 37.3 Å². The number of rotatable bonds is 12. The van der Waals surface area contributed by atoms with E-state index in [1.54, 1.807) is 6.92 Å². The Bertz CT molecular complexity index is 1030. The van der Waals surface area contributed by atoms with E-state index in [4.69, 9.17) is 0 Å². The third kappa shape index (κ3) is 7.85. The maximum absolute atomic E-state index is 13.8. The Morgan fingerprint density at radius 3 is 2.33 bits per heavy atom. The number of benzene rings is 2. The number of carbonyl (C=O) groups is 2. The molecule has 1 unspecified atom stereocenters. The van der Waals surface area contributed by atoms with E-state index in [-0.39, 0.29) is 18.1 Å². The van der Waals surface area contributed by atoms with Crippen LogP contribution < -0.4 is 9.62 Å². The second kappa shape index (κ2) is 12.3. The van der Waals surface area contributed by atoms with Crippen LogP contribution in [0.15, 0.2) is 54.6 Å². The van der Waals surface area contributed by atoms with Gasteiger partial charge < -0.3 is 10.2 Å². The molecule has 9 heteroatoms. The van der Waals surface area contributed by atoms with Gasteiger partial charge in [0.2, 0.25) is 21.8 Å². The summed E-state index contributed by atoms with van der Waals surface area (Å²) < 4.78 is 39.5. The predicted molar refractivity (Wildman–Crippen MR) is 128 cm³/mol. The molecular formula is C24H32FN3O4S. The second-order valence-electron chi connectivity index (χ2n) is 7.79. The number of sulfonamides is 1. The van der Waals surface area contributed by atoms with Gasteiger partial charge in [-0.1, -0.05) is 50.2 Å². The number of nitrogens with one attached hydrogen (secondary N) is 1. The van der Waals surface area contributed by atoms with Gasteiger partial charge in [0.15, 0.2) is 0 Å². The van der Waals surface area contributed by atoms with Crippen molar-refractivity contribution < 1.29 is 22.4 Å². The maximum Gasteiger partial charge on any atom is 0.244 e. The van der Waals surface area contributed by atoms with Crippen molar-refractivity contribution in [3.63, 3.8) is 0 Å². The highest BCUT2D eigenvalue weighted by Gasteiger charge is 2.31. The van der Waals surface area contributed by atoms with E-state index < -0.39 is 34.3 Å². The first-order valence-corrected chi connectivity index (χ1v) is 12.9. The summed E-state index contributed by atoms with van der Waals surface area (Å²) in [5.41, 5.74) is 1.04. The van der Waals surface area contributed by atoms with Crippen LogP contribution >= 0.6 is 0 Å². The van der Waals surface area contributed by atoms with Gasteiger partial charge in [0.25, 0.3) is 0 Å². The van der Waals surface area contributed by atoms with E-state index in [9.17, 15) is 22.4 Å². The monoisotopic (exact) mass is 477 g/mol. The fourth-order valence-corrected chi connectivity index (χ4v) is 4.35. The fourth-order valence-electron chi connectivity index (χ4n) is 3.51. The Hall–Kier alpha value is -2.94. The summed E-state index contributed by atoms with van der Waals surface area (Å²) in [7, 11) is -3.88. The van der Waals surface area contributed by atoms with Crippen molar-refractivity contribution >= 4 is 27.5 Å². The molecule has 1 N–H and O–H groups in total. The fraction of sp³-hybridized carbons (Fsp3) is 0.417. The predicted octanol–water partition coefficient (Wildman–Crippen LogP) is 2.97. The molecular weight excluding hydrogens is 445 g/mol. The first-order chi connectivity index (χ1) is 15.7. The Morgan fingerprint density at radius 2 is 1.76 bits per heavy atom. The molecule has 0 bridgehead atoms. The molecule has 1 atom stereocenters. The zero-order valence-corrected chi connectivity index (χ0v) is 20.1. The molecule has 0 aliphatic rings. The number of amides is 2. The lowest BCUT2D eigenvalue weighted by molar-refractivity contribution is -0.139. The Kier molecular flexibility index (Phi) is 9.84. The average Bonchev–Trinajstić information content (AvgIpc) is 2.78. The molecule has 0 aliphatic heterocycles. The topological polar surface area (TPSA) is 86.8 Å². The van der Waals surface area contributed by atoms with Crippen molar-refractivity contribution in [1.82, 2.24) is 10.2 Å². The summed E-state index contributed by atoms with van der Waals surface area (Å²) in [4.78, 5) is 27.6. The average molecular weight is 478 g/mol. The maximum atomic E-state index is 13.8. The Morgan fingerprint density at radius 1 is 1.06 bits per heavy atom. The summed E-state index contributed by atoms with van der Waals surface area (Å²) >= 11 is 0. The molecule has 0 spiro atoms. The number of halogens is 1. The van der Waals surface area contributed by atoms with Gasteiger partial charge in [-0.3, -0.25) is 13.9 Å². The van der Waals surface area contributed by atoms with Gasteiger partial charge >= 0.3 is 0 Å². The molecule has 0 heterocycles. The number of nitrogens with zero attached hydrogens (tertiary/aromatic N) is 2. The molecule has 33 heavy (non-hydrogen) atoms. The molecule has 2 aromatic rings. The SMILES string of the molecule is CCCNC(=O)C(CC)N(CCc1ccccc1)C(=O)CN(c1cccc(F)c1)S(C)(=O)=O. The largest absolute Gasteiger partial charge is 0.354 e. The molecule has 0 aromatic heterocycles. The third-order valence-corrected chi connectivity index (χ3v) is 6.34. The first kappa shape index (κ1) is 26.3. The molecule has 0 aliphatic carbocycles. The van der Waals surface area contributed by atoms with E-state index in [1.165, 1.54) is 23.1 Å². The minimum atomic E-state index is -3.88. The molecule has 2 rings (SSSR count). The number of carbonyl (C=O) groups excluding carboxylic acids is 2. The van der Waals surface area contributed by atoms with Crippen LogP contribution in [0.1, 0.15) is 32.3 Å². The van der Waals surface area contributed by atoms with Crippen molar-refractivity contribution in [3.8, 4) is 0 Å². The van der Waals surface area contributed by atoms with Crippen LogP contribution in [0, 0.1) is 5.82 Å². The van der Waals surface area contributed by atoms with Crippen LogP contribution in [0.2, 0.25) is 0 Å². The summed E-state index contributed by atoms with van der Waals surface area (Å²) in [6, 6.07) is 13.8. The normalized spacial score (nSPS) is 12.1. The van der Waals surface area contributed by atoms with Crippen LogP contribution in [-0.4, -0.2) is 57.1 Å². The van der Waals surface area contributed by atoms with E-state index >= 15 is 0 Å². The van der Waals surface area contributed by atoms with Gasteiger partial charge in [0.1, 0.15) is 18.4 Å². The lowest BCUT2D eigenvalue weighted by Crippen LogP contribution is -2.53. The lowest BCUT2D eigenvalue weighted by atomic mass is 10.1. The molecule has 0 radical (unpaired) electrons. The minimum absolute atomic E-state index is 0.0531. The number of hydrogen-bond donors (Lipinski definition) is 1. The molecule has 2 aromatic carbocycles. The molecule has 0 saturated carbocycles. The van der Waals surface area contributed by atoms with Gasteiger partial charge in [-0.05, 0) is 43.0 Å². The van der Waals surface area contributed by atoms with Crippen LogP contribution in [0.5, 0.6) is 0 Å². The van der Waals surface area contributed by atoms with Crippen LogP contribution in [0.4, 0.5) is 10.1 Å². The summed E-state index contributed by atoms with van der Waals surface area (Å²) in [6.45, 7) is 3.92. The Labute approximate surface area is 195 Å². The second-order valence-corrected chi connectivity index (χ2v) is 9.69. The van der Waals surface area contributed by atoms with Crippen molar-refractivity contribution in [2.45, 2.75) is 39.2 Å². The Balaban J connectivity index is 2.33. The van der Waals surface area contributed by atoms with Crippen molar-refractivity contribution in [3.05, 3.63) is 66.0 Å². The highest BCUT2D eigenvalue weighted by Crippen LogP contribution is 2.20. The van der Waals surface area contributed by atoms with E-state index in [0.29, 0.717) is 19.4 Å². The molecule has 0 fully saturated rings. The van der Waals surface area contributed by atoms with Crippen LogP contribution in [0.25, 0.3) is 0 Å². The lowest BCUT2D eigenvalue weighted by Gasteiger charge is -2.32. The summed E-state index contributed by atoms with van der Waals surface area (Å²) in [6.07, 6.45) is 2.59. The van der Waals surface area contributed by atoms with Gasteiger partial charge in [-0.15, -0.1) is 0 Å². The van der Waals surface area contributed by atoms with E-state index in [2.05, 4.69) is 5.32 Å². The van der Waals surface area contributed by atoms with Gasteiger partial charge in [-0.2, -0.15) is 0 Å². The summed E-state index contributed by atoms with van der Waals surface area (Å²) in [5.74, 6) is -1.42. The van der Waals surface area contributed by atoms with E-state index in [0.717, 1.165) is 28.6 Å². The highest BCUT2D eigenvalue weighted by molar-refractivity contribution is 7.92. The number of hydrogen-bond acceptors (Lipinski definition) is 4. The standard InChI is InChI=1S/C24H32FN3O4S/c1-4-15-26-24(30)22(5-2)27(16-14-19-10-7-6-8-11-19)23(29)18-28(33(3,31)32)21-13-9-12-20(25)17-21/h6-13,17,22H,4-5,14-16,18H2,1-3H3,(H,26,30). The first-order valence-electron chi connectivity index (χ1n) is 11.0. The van der Waals surface area contributed by atoms with Crippen LogP contribution in [-0.2, 0) is 26.0 Å². The zero-order valence-electron chi connectivity index (χ0n) is 19.3. The third-order valence-electron chi connectivity index (χ3n) is 5.19. The highest BCUT2D eigenvalue weighted by atomic mass is 32.2. The van der Waals surface area contributed by atoms with Gasteiger partial charge in [-0.25, -0.2) is 12.8 Å². The smallest absolute Gasteiger partial charge is 0.244 e. The quantitative estimate of drug-likeness (QED) is 0.509. The van der Waals surface area contributed by atoms with Crippen molar-refractivity contribution in [2.24, 2.45) is 0 Å².